The highest BCUT2D eigenvalue weighted by atomic mass is 16.5. The maximum atomic E-state index is 10.7. The highest BCUT2D eigenvalue weighted by Crippen LogP contribution is 2.18. The molecule has 0 heterocycles. The first-order valence-electron chi connectivity index (χ1n) is 5.01. The number of carbonyl (C=O) groups excluding carboxylic acids is 1. The van der Waals surface area contributed by atoms with Gasteiger partial charge in [0.25, 0.3) is 0 Å². The molecule has 0 radical (unpaired) electrons. The molecule has 0 aliphatic heterocycles. The minimum absolute atomic E-state index is 0.146. The quantitative estimate of drug-likeness (QED) is 0.705. The van der Waals surface area contributed by atoms with Gasteiger partial charge in [0.15, 0.2) is 0 Å². The highest BCUT2D eigenvalue weighted by Gasteiger charge is 2.08. The number of hydrogen-bond acceptors (Lipinski definition) is 3. The normalized spacial score (nSPS) is 11.8. The van der Waals surface area contributed by atoms with Crippen molar-refractivity contribution in [1.29, 1.82) is 0 Å². The van der Waals surface area contributed by atoms with Crippen LogP contribution in [0.5, 0.6) is 5.75 Å². The number of hydrogen-bond donors (Lipinski definition) is 2. The van der Waals surface area contributed by atoms with E-state index in [0.717, 1.165) is 11.3 Å². The molecule has 0 spiro atoms. The molecule has 0 aliphatic rings. The summed E-state index contributed by atoms with van der Waals surface area (Å²) in [5, 5.41) is 0. The summed E-state index contributed by atoms with van der Waals surface area (Å²) < 4.78 is 5.32. The number of primary amides is 1. The average Bonchev–Trinajstić information content (AvgIpc) is 2.26. The molecular weight excluding hydrogens is 204 g/mol. The molecule has 0 bridgehead atoms. The Balaban J connectivity index is 2.62. The SMILES string of the molecule is C=CCOc1ccc(C(N)CC(N)=O)cc1. The summed E-state index contributed by atoms with van der Waals surface area (Å²) >= 11 is 0. The molecule has 1 unspecified atom stereocenters. The van der Waals surface area contributed by atoms with Crippen LogP contribution in [0.1, 0.15) is 18.0 Å². The zero-order chi connectivity index (χ0) is 12.0. The largest absolute Gasteiger partial charge is 0.490 e. The van der Waals surface area contributed by atoms with Gasteiger partial charge in [-0.1, -0.05) is 24.8 Å². The summed E-state index contributed by atoms with van der Waals surface area (Å²) in [6, 6.07) is 6.91. The van der Waals surface area contributed by atoms with E-state index in [4.69, 9.17) is 16.2 Å². The zero-order valence-corrected chi connectivity index (χ0v) is 9.06. The summed E-state index contributed by atoms with van der Waals surface area (Å²) in [6.45, 7) is 4.02. The van der Waals surface area contributed by atoms with Crippen molar-refractivity contribution in [3.63, 3.8) is 0 Å². The predicted octanol–water partition coefficient (Wildman–Crippen LogP) is 1.13. The van der Waals surface area contributed by atoms with Gasteiger partial charge in [-0.25, -0.2) is 0 Å². The number of rotatable bonds is 6. The van der Waals surface area contributed by atoms with Crippen molar-refractivity contribution < 1.29 is 9.53 Å². The average molecular weight is 220 g/mol. The Hall–Kier alpha value is -1.81. The van der Waals surface area contributed by atoms with Gasteiger partial charge in [-0.15, -0.1) is 0 Å². The lowest BCUT2D eigenvalue weighted by molar-refractivity contribution is -0.118. The van der Waals surface area contributed by atoms with Gasteiger partial charge < -0.3 is 16.2 Å². The fourth-order valence-corrected chi connectivity index (χ4v) is 1.30. The van der Waals surface area contributed by atoms with E-state index in [1.807, 2.05) is 12.1 Å². The maximum absolute atomic E-state index is 10.7. The van der Waals surface area contributed by atoms with Crippen LogP contribution >= 0.6 is 0 Å². The van der Waals surface area contributed by atoms with Crippen molar-refractivity contribution >= 4 is 5.91 Å². The van der Waals surface area contributed by atoms with E-state index in [2.05, 4.69) is 6.58 Å². The van der Waals surface area contributed by atoms with Crippen LogP contribution in [0.4, 0.5) is 0 Å². The minimum atomic E-state index is -0.403. The summed E-state index contributed by atoms with van der Waals surface area (Å²) in [4.78, 5) is 10.7. The Kier molecular flexibility index (Phi) is 4.54. The first-order chi connectivity index (χ1) is 7.63. The van der Waals surface area contributed by atoms with Crippen molar-refractivity contribution in [2.24, 2.45) is 11.5 Å². The van der Waals surface area contributed by atoms with Crippen LogP contribution < -0.4 is 16.2 Å². The molecule has 4 N–H and O–H groups in total. The van der Waals surface area contributed by atoms with E-state index in [-0.39, 0.29) is 12.5 Å². The number of amides is 1. The molecule has 4 heteroatoms. The van der Waals surface area contributed by atoms with Gasteiger partial charge in [-0.05, 0) is 17.7 Å². The maximum Gasteiger partial charge on any atom is 0.219 e. The third-order valence-corrected chi connectivity index (χ3v) is 2.10. The lowest BCUT2D eigenvalue weighted by Crippen LogP contribution is -2.20. The molecule has 0 saturated carbocycles. The molecular formula is C12H16N2O2. The first-order valence-corrected chi connectivity index (χ1v) is 5.01. The van der Waals surface area contributed by atoms with E-state index >= 15 is 0 Å². The zero-order valence-electron chi connectivity index (χ0n) is 9.06. The lowest BCUT2D eigenvalue weighted by Gasteiger charge is -2.10. The summed E-state index contributed by atoms with van der Waals surface area (Å²) in [6.07, 6.45) is 1.82. The van der Waals surface area contributed by atoms with Gasteiger partial charge in [0.1, 0.15) is 12.4 Å². The molecule has 1 rings (SSSR count). The van der Waals surface area contributed by atoms with Crippen molar-refractivity contribution in [3.8, 4) is 5.75 Å². The Morgan fingerprint density at radius 2 is 2.06 bits per heavy atom. The van der Waals surface area contributed by atoms with Crippen molar-refractivity contribution in [3.05, 3.63) is 42.5 Å². The van der Waals surface area contributed by atoms with Crippen molar-refractivity contribution in [1.82, 2.24) is 0 Å². The molecule has 0 aromatic heterocycles. The highest BCUT2D eigenvalue weighted by molar-refractivity contribution is 5.74. The fraction of sp³-hybridized carbons (Fsp3) is 0.250. The Labute approximate surface area is 94.9 Å². The molecule has 1 amide bonds. The molecule has 1 atom stereocenters. The summed E-state index contributed by atoms with van der Waals surface area (Å²) in [5.41, 5.74) is 11.7. The van der Waals surface area contributed by atoms with Crippen molar-refractivity contribution in [2.75, 3.05) is 6.61 Å². The predicted molar refractivity (Wildman–Crippen MR) is 62.9 cm³/mol. The molecule has 86 valence electrons. The Morgan fingerprint density at radius 3 is 2.56 bits per heavy atom. The minimum Gasteiger partial charge on any atom is -0.490 e. The van der Waals surface area contributed by atoms with Crippen LogP contribution in [0.15, 0.2) is 36.9 Å². The van der Waals surface area contributed by atoms with E-state index < -0.39 is 5.91 Å². The standard InChI is InChI=1S/C12H16N2O2/c1-2-7-16-10-5-3-9(4-6-10)11(13)8-12(14)15/h2-6,11H,1,7-8,13H2,(H2,14,15). The topological polar surface area (TPSA) is 78.3 Å². The lowest BCUT2D eigenvalue weighted by atomic mass is 10.0. The van der Waals surface area contributed by atoms with E-state index in [0.29, 0.717) is 6.61 Å². The summed E-state index contributed by atoms with van der Waals surface area (Å²) in [7, 11) is 0. The van der Waals surface area contributed by atoms with Crippen molar-refractivity contribution in [2.45, 2.75) is 12.5 Å². The number of benzene rings is 1. The van der Waals surface area contributed by atoms with Gasteiger partial charge >= 0.3 is 0 Å². The molecule has 4 nitrogen and oxygen atoms in total. The smallest absolute Gasteiger partial charge is 0.219 e. The van der Waals surface area contributed by atoms with Gasteiger partial charge in [0.2, 0.25) is 5.91 Å². The van der Waals surface area contributed by atoms with Crippen LogP contribution in [-0.2, 0) is 4.79 Å². The molecule has 0 saturated heterocycles. The van der Waals surface area contributed by atoms with Crippen LogP contribution in [0.2, 0.25) is 0 Å². The fourth-order valence-electron chi connectivity index (χ4n) is 1.30. The van der Waals surface area contributed by atoms with Crippen LogP contribution in [0.3, 0.4) is 0 Å². The van der Waals surface area contributed by atoms with Gasteiger partial charge in [-0.3, -0.25) is 4.79 Å². The third-order valence-electron chi connectivity index (χ3n) is 2.10. The van der Waals surface area contributed by atoms with Gasteiger partial charge in [0.05, 0.1) is 0 Å². The van der Waals surface area contributed by atoms with Gasteiger partial charge in [-0.2, -0.15) is 0 Å². The summed E-state index contributed by atoms with van der Waals surface area (Å²) in [5.74, 6) is 0.342. The van der Waals surface area contributed by atoms with Crippen LogP contribution in [0.25, 0.3) is 0 Å². The molecule has 1 aromatic carbocycles. The third kappa shape index (κ3) is 3.74. The molecule has 0 aliphatic carbocycles. The second-order valence-corrected chi connectivity index (χ2v) is 3.45. The molecule has 1 aromatic rings. The molecule has 0 fully saturated rings. The van der Waals surface area contributed by atoms with E-state index in [9.17, 15) is 4.79 Å². The van der Waals surface area contributed by atoms with Gasteiger partial charge in [0, 0.05) is 12.5 Å². The van der Waals surface area contributed by atoms with Crippen LogP contribution in [-0.4, -0.2) is 12.5 Å². The number of nitrogens with two attached hydrogens (primary N) is 2. The van der Waals surface area contributed by atoms with E-state index in [1.54, 1.807) is 18.2 Å². The Bertz CT molecular complexity index is 360. The Morgan fingerprint density at radius 1 is 1.44 bits per heavy atom. The number of carbonyl (C=O) groups is 1. The first kappa shape index (κ1) is 12.3. The second-order valence-electron chi connectivity index (χ2n) is 3.45. The molecule has 16 heavy (non-hydrogen) atoms. The van der Waals surface area contributed by atoms with E-state index in [1.165, 1.54) is 0 Å². The number of ether oxygens (including phenoxy) is 1. The second kappa shape index (κ2) is 5.92. The van der Waals surface area contributed by atoms with Crippen LogP contribution in [0, 0.1) is 0 Å². The monoisotopic (exact) mass is 220 g/mol.